The zero-order valence-corrected chi connectivity index (χ0v) is 7.68. The predicted molar refractivity (Wildman–Crippen MR) is 49.0 cm³/mol. The molecule has 0 aliphatic heterocycles. The number of aliphatic hydroxyl groups is 1. The van der Waals surface area contributed by atoms with E-state index in [1.807, 2.05) is 0 Å². The van der Waals surface area contributed by atoms with E-state index in [0.29, 0.717) is 12.0 Å². The summed E-state index contributed by atoms with van der Waals surface area (Å²) in [6, 6.07) is 0.807. The van der Waals surface area contributed by atoms with Crippen molar-refractivity contribution < 1.29 is 5.11 Å². The van der Waals surface area contributed by atoms with E-state index in [1.165, 1.54) is 32.1 Å². The topological polar surface area (TPSA) is 32.3 Å². The van der Waals surface area contributed by atoms with E-state index in [4.69, 9.17) is 5.11 Å². The Kier molecular flexibility index (Phi) is 2.37. The van der Waals surface area contributed by atoms with Gasteiger partial charge < -0.3 is 10.4 Å². The van der Waals surface area contributed by atoms with Crippen molar-refractivity contribution in [2.24, 2.45) is 5.41 Å². The molecule has 2 aliphatic rings. The molecule has 2 fully saturated rings. The first-order chi connectivity index (χ1) is 5.85. The molecule has 2 heteroatoms. The number of hydrogen-bond donors (Lipinski definition) is 2. The van der Waals surface area contributed by atoms with E-state index < -0.39 is 0 Å². The molecule has 2 nitrogen and oxygen atoms in total. The minimum Gasteiger partial charge on any atom is -0.396 e. The Morgan fingerprint density at radius 2 is 2.08 bits per heavy atom. The number of nitrogens with one attached hydrogen (secondary N) is 1. The predicted octanol–water partition coefficient (Wildman–Crippen LogP) is 1.29. The molecule has 0 atom stereocenters. The van der Waals surface area contributed by atoms with Crippen LogP contribution in [0, 0.1) is 5.41 Å². The van der Waals surface area contributed by atoms with Crippen molar-refractivity contribution >= 4 is 0 Å². The SMILES string of the molecule is OCCC1(CNC2CCC2)CC1. The van der Waals surface area contributed by atoms with Crippen molar-refractivity contribution in [3.8, 4) is 0 Å². The van der Waals surface area contributed by atoms with Crippen LogP contribution in [0.25, 0.3) is 0 Å². The van der Waals surface area contributed by atoms with Crippen molar-refractivity contribution in [1.29, 1.82) is 0 Å². The number of rotatable bonds is 5. The van der Waals surface area contributed by atoms with Gasteiger partial charge in [0.1, 0.15) is 0 Å². The van der Waals surface area contributed by atoms with Gasteiger partial charge in [0.15, 0.2) is 0 Å². The number of hydrogen-bond acceptors (Lipinski definition) is 2. The Bertz CT molecular complexity index is 150. The van der Waals surface area contributed by atoms with Gasteiger partial charge in [-0.2, -0.15) is 0 Å². The molecule has 12 heavy (non-hydrogen) atoms. The van der Waals surface area contributed by atoms with Crippen LogP contribution in [-0.4, -0.2) is 24.3 Å². The summed E-state index contributed by atoms with van der Waals surface area (Å²) in [4.78, 5) is 0. The van der Waals surface area contributed by atoms with Crippen LogP contribution in [0.4, 0.5) is 0 Å². The molecule has 0 aromatic carbocycles. The van der Waals surface area contributed by atoms with Gasteiger partial charge in [0.2, 0.25) is 0 Å². The highest BCUT2D eigenvalue weighted by Crippen LogP contribution is 2.48. The Labute approximate surface area is 74.4 Å². The van der Waals surface area contributed by atoms with Crippen LogP contribution in [0.5, 0.6) is 0 Å². The zero-order chi connectivity index (χ0) is 8.44. The molecule has 0 radical (unpaired) electrons. The maximum absolute atomic E-state index is 8.85. The molecule has 2 saturated carbocycles. The van der Waals surface area contributed by atoms with E-state index in [0.717, 1.165) is 19.0 Å². The molecular weight excluding hydrogens is 150 g/mol. The molecule has 2 rings (SSSR count). The summed E-state index contributed by atoms with van der Waals surface area (Å²) in [5.41, 5.74) is 0.504. The summed E-state index contributed by atoms with van der Waals surface area (Å²) >= 11 is 0. The smallest absolute Gasteiger partial charge is 0.0436 e. The minimum absolute atomic E-state index is 0.367. The molecule has 70 valence electrons. The molecule has 2 aliphatic carbocycles. The van der Waals surface area contributed by atoms with Crippen LogP contribution in [0.15, 0.2) is 0 Å². The van der Waals surface area contributed by atoms with Crippen LogP contribution in [0.2, 0.25) is 0 Å². The largest absolute Gasteiger partial charge is 0.396 e. The second-order valence-corrected chi connectivity index (χ2v) is 4.48. The van der Waals surface area contributed by atoms with Gasteiger partial charge in [-0.05, 0) is 37.5 Å². The van der Waals surface area contributed by atoms with Crippen molar-refractivity contribution in [3.05, 3.63) is 0 Å². The minimum atomic E-state index is 0.367. The van der Waals surface area contributed by atoms with Gasteiger partial charge in [0.05, 0.1) is 0 Å². The Balaban J connectivity index is 1.64. The summed E-state index contributed by atoms with van der Waals surface area (Å²) < 4.78 is 0. The zero-order valence-electron chi connectivity index (χ0n) is 7.68. The molecule has 0 unspecified atom stereocenters. The Morgan fingerprint density at radius 1 is 1.33 bits per heavy atom. The lowest BCUT2D eigenvalue weighted by molar-refractivity contribution is 0.232. The summed E-state index contributed by atoms with van der Waals surface area (Å²) in [6.07, 6.45) is 7.81. The van der Waals surface area contributed by atoms with Crippen LogP contribution >= 0.6 is 0 Å². The first-order valence-electron chi connectivity index (χ1n) is 5.19. The fourth-order valence-electron chi connectivity index (χ4n) is 1.90. The van der Waals surface area contributed by atoms with Crippen molar-refractivity contribution in [2.45, 2.75) is 44.6 Å². The van der Waals surface area contributed by atoms with E-state index >= 15 is 0 Å². The summed E-state index contributed by atoms with van der Waals surface area (Å²) in [5.74, 6) is 0. The van der Waals surface area contributed by atoms with Gasteiger partial charge in [-0.3, -0.25) is 0 Å². The maximum atomic E-state index is 8.85. The quantitative estimate of drug-likeness (QED) is 0.650. The van der Waals surface area contributed by atoms with Crippen molar-refractivity contribution in [2.75, 3.05) is 13.2 Å². The van der Waals surface area contributed by atoms with Gasteiger partial charge >= 0.3 is 0 Å². The Morgan fingerprint density at radius 3 is 2.50 bits per heavy atom. The molecule has 0 aromatic heterocycles. The average Bonchev–Trinajstić information content (AvgIpc) is 2.67. The lowest BCUT2D eigenvalue weighted by Crippen LogP contribution is -2.38. The molecular formula is C10H19NO. The van der Waals surface area contributed by atoms with E-state index in [2.05, 4.69) is 5.32 Å². The van der Waals surface area contributed by atoms with Gasteiger partial charge in [-0.15, -0.1) is 0 Å². The fraction of sp³-hybridized carbons (Fsp3) is 1.00. The van der Waals surface area contributed by atoms with Crippen molar-refractivity contribution in [3.63, 3.8) is 0 Å². The van der Waals surface area contributed by atoms with Crippen LogP contribution in [0.1, 0.15) is 38.5 Å². The lowest BCUT2D eigenvalue weighted by atomic mass is 9.92. The van der Waals surface area contributed by atoms with Gasteiger partial charge in [0.25, 0.3) is 0 Å². The molecule has 0 amide bonds. The maximum Gasteiger partial charge on any atom is 0.0436 e. The van der Waals surface area contributed by atoms with Gasteiger partial charge in [-0.1, -0.05) is 6.42 Å². The van der Waals surface area contributed by atoms with Gasteiger partial charge in [-0.25, -0.2) is 0 Å². The van der Waals surface area contributed by atoms with E-state index in [-0.39, 0.29) is 0 Å². The highest BCUT2D eigenvalue weighted by molar-refractivity contribution is 4.95. The van der Waals surface area contributed by atoms with Crippen molar-refractivity contribution in [1.82, 2.24) is 5.32 Å². The summed E-state index contributed by atoms with van der Waals surface area (Å²) in [5, 5.41) is 12.4. The third-order valence-corrected chi connectivity index (χ3v) is 3.47. The fourth-order valence-corrected chi connectivity index (χ4v) is 1.90. The van der Waals surface area contributed by atoms with Gasteiger partial charge in [0, 0.05) is 19.2 Å². The second-order valence-electron chi connectivity index (χ2n) is 4.48. The molecule has 0 aromatic rings. The standard InChI is InChI=1S/C10H19NO/c12-7-6-10(4-5-10)8-11-9-2-1-3-9/h9,11-12H,1-8H2. The third-order valence-electron chi connectivity index (χ3n) is 3.47. The second kappa shape index (κ2) is 3.35. The molecule has 0 bridgehead atoms. The lowest BCUT2D eigenvalue weighted by Gasteiger charge is -2.28. The Hall–Kier alpha value is -0.0800. The molecule has 0 spiro atoms. The summed E-state index contributed by atoms with van der Waals surface area (Å²) in [7, 11) is 0. The van der Waals surface area contributed by atoms with E-state index in [1.54, 1.807) is 0 Å². The van der Waals surface area contributed by atoms with Crippen LogP contribution in [-0.2, 0) is 0 Å². The van der Waals surface area contributed by atoms with Crippen LogP contribution < -0.4 is 5.32 Å². The highest BCUT2D eigenvalue weighted by atomic mass is 16.3. The molecule has 0 heterocycles. The summed E-state index contributed by atoms with van der Waals surface area (Å²) in [6.45, 7) is 1.52. The first-order valence-corrected chi connectivity index (χ1v) is 5.19. The van der Waals surface area contributed by atoms with Crippen LogP contribution in [0.3, 0.4) is 0 Å². The normalized spacial score (nSPS) is 26.8. The first kappa shape index (κ1) is 8.52. The third kappa shape index (κ3) is 1.80. The molecule has 2 N–H and O–H groups in total. The number of aliphatic hydroxyl groups excluding tert-OH is 1. The highest BCUT2D eigenvalue weighted by Gasteiger charge is 2.41. The molecule has 0 saturated heterocycles. The average molecular weight is 169 g/mol. The monoisotopic (exact) mass is 169 g/mol. The van der Waals surface area contributed by atoms with E-state index in [9.17, 15) is 0 Å².